The largest absolute Gasteiger partial charge is 0.494 e. The smallest absolute Gasteiger partial charge is 0.119 e. The zero-order valence-electron chi connectivity index (χ0n) is 27.2. The number of nitrogens with one attached hydrogen (secondary N) is 1. The van der Waals surface area contributed by atoms with Gasteiger partial charge >= 0.3 is 0 Å². The molecular formula is C41H44N4O2. The molecule has 2 aliphatic rings. The van der Waals surface area contributed by atoms with Crippen LogP contribution in [0, 0.1) is 0 Å². The van der Waals surface area contributed by atoms with E-state index in [2.05, 4.69) is 106 Å². The second-order valence-electron chi connectivity index (χ2n) is 13.2. The molecule has 0 radical (unpaired) electrons. The monoisotopic (exact) mass is 624 g/mol. The molecule has 0 unspecified atom stereocenters. The van der Waals surface area contributed by atoms with Crippen molar-refractivity contribution in [3.8, 4) is 33.8 Å². The predicted octanol–water partition coefficient (Wildman–Crippen LogP) is 8.93. The number of hydrogen-bond donors (Lipinski definition) is 1. The highest BCUT2D eigenvalue weighted by Gasteiger charge is 2.13. The van der Waals surface area contributed by atoms with Crippen LogP contribution in [0.1, 0.15) is 38.5 Å². The van der Waals surface area contributed by atoms with Gasteiger partial charge < -0.3 is 24.3 Å². The van der Waals surface area contributed by atoms with Gasteiger partial charge in [-0.25, -0.2) is 4.98 Å². The first-order chi connectivity index (χ1) is 23.2. The average Bonchev–Trinajstić information content (AvgIpc) is 3.90. The Morgan fingerprint density at radius 1 is 0.553 bits per heavy atom. The standard InChI is InChI=1S/C41H44N4O2/c1-2-20-44(19-1)23-5-25-46-35-13-7-30(8-14-35)32-11-17-38-34(27-32)29-40-41(43-38)37-28-33(12-18-39(37)42-40)31-9-15-36(16-10-31)47-26-6-24-45-21-3-4-22-45/h7-18,27-29,42H,1-6,19-26H2. The van der Waals surface area contributed by atoms with Crippen molar-refractivity contribution < 1.29 is 9.47 Å². The molecule has 2 aromatic heterocycles. The van der Waals surface area contributed by atoms with Crippen molar-refractivity contribution in [3.05, 3.63) is 91.0 Å². The van der Waals surface area contributed by atoms with Gasteiger partial charge in [0.25, 0.3) is 0 Å². The van der Waals surface area contributed by atoms with Crippen LogP contribution in [-0.2, 0) is 0 Å². The minimum atomic E-state index is 0.763. The molecule has 2 fully saturated rings. The summed E-state index contributed by atoms with van der Waals surface area (Å²) < 4.78 is 12.1. The zero-order valence-corrected chi connectivity index (χ0v) is 27.2. The van der Waals surface area contributed by atoms with E-state index in [4.69, 9.17) is 14.5 Å². The molecule has 240 valence electrons. The Hall–Kier alpha value is -4.39. The van der Waals surface area contributed by atoms with Crippen LogP contribution >= 0.6 is 0 Å². The molecule has 6 nitrogen and oxygen atoms in total. The maximum absolute atomic E-state index is 6.04. The van der Waals surface area contributed by atoms with Crippen molar-refractivity contribution in [3.63, 3.8) is 0 Å². The third-order valence-electron chi connectivity index (χ3n) is 9.91. The third kappa shape index (κ3) is 6.85. The molecule has 2 saturated heterocycles. The highest BCUT2D eigenvalue weighted by molar-refractivity contribution is 6.09. The van der Waals surface area contributed by atoms with Gasteiger partial charge in [-0.15, -0.1) is 0 Å². The van der Waals surface area contributed by atoms with Crippen LogP contribution in [0.15, 0.2) is 91.0 Å². The second kappa shape index (κ2) is 13.8. The van der Waals surface area contributed by atoms with Crippen LogP contribution in [0.25, 0.3) is 55.1 Å². The number of likely N-dealkylation sites (tertiary alicyclic amines) is 2. The number of aromatic amines is 1. The maximum Gasteiger partial charge on any atom is 0.119 e. The first-order valence-electron chi connectivity index (χ1n) is 17.5. The number of nitrogens with zero attached hydrogens (tertiary/aromatic N) is 3. The van der Waals surface area contributed by atoms with E-state index in [9.17, 15) is 0 Å². The summed E-state index contributed by atoms with van der Waals surface area (Å²) in [5, 5.41) is 2.27. The number of hydrogen-bond acceptors (Lipinski definition) is 5. The Kier molecular flexibility index (Phi) is 8.78. The molecule has 0 spiro atoms. The fraction of sp³-hybridized carbons (Fsp3) is 0.341. The average molecular weight is 625 g/mol. The molecule has 4 heterocycles. The topological polar surface area (TPSA) is 53.6 Å². The van der Waals surface area contributed by atoms with E-state index >= 15 is 0 Å². The Labute approximate surface area is 277 Å². The molecule has 0 bridgehead atoms. The molecule has 0 saturated carbocycles. The summed E-state index contributed by atoms with van der Waals surface area (Å²) in [7, 11) is 0. The summed E-state index contributed by atoms with van der Waals surface area (Å²) in [6, 6.07) is 32.4. The number of ether oxygens (including phenoxy) is 2. The summed E-state index contributed by atoms with van der Waals surface area (Å²) in [4.78, 5) is 13.8. The molecule has 47 heavy (non-hydrogen) atoms. The number of H-pyrrole nitrogens is 1. The first kappa shape index (κ1) is 30.0. The number of rotatable bonds is 12. The van der Waals surface area contributed by atoms with Gasteiger partial charge in [0.1, 0.15) is 11.5 Å². The molecule has 4 aromatic carbocycles. The Morgan fingerprint density at radius 2 is 1.09 bits per heavy atom. The highest BCUT2D eigenvalue weighted by Crippen LogP contribution is 2.33. The number of pyridine rings is 1. The van der Waals surface area contributed by atoms with Crippen molar-refractivity contribution in [1.82, 2.24) is 19.8 Å². The maximum atomic E-state index is 6.04. The lowest BCUT2D eigenvalue weighted by atomic mass is 10.0. The molecule has 0 atom stereocenters. The van der Waals surface area contributed by atoms with E-state index < -0.39 is 0 Å². The SMILES string of the molecule is c1cc(-c2ccc3nc4c(cc3c2)[nH]c2ccc(-c3ccc(OCCCN5CCCC5)cc3)cc24)ccc1OCCCN1CCCC1. The summed E-state index contributed by atoms with van der Waals surface area (Å²) in [5.74, 6) is 1.87. The fourth-order valence-corrected chi connectivity index (χ4v) is 7.29. The van der Waals surface area contributed by atoms with E-state index in [1.165, 1.54) is 74.1 Å². The quantitative estimate of drug-likeness (QED) is 0.138. The van der Waals surface area contributed by atoms with Crippen LogP contribution < -0.4 is 9.47 Å². The van der Waals surface area contributed by atoms with Crippen LogP contribution in [0.3, 0.4) is 0 Å². The molecule has 2 aliphatic heterocycles. The Morgan fingerprint density at radius 3 is 1.68 bits per heavy atom. The van der Waals surface area contributed by atoms with Crippen molar-refractivity contribution in [2.45, 2.75) is 38.5 Å². The zero-order chi connectivity index (χ0) is 31.4. The Balaban J connectivity index is 0.941. The van der Waals surface area contributed by atoms with Gasteiger partial charge in [0.05, 0.1) is 29.8 Å². The molecule has 0 aliphatic carbocycles. The second-order valence-corrected chi connectivity index (χ2v) is 13.2. The predicted molar refractivity (Wildman–Crippen MR) is 194 cm³/mol. The number of aromatic nitrogens is 2. The lowest BCUT2D eigenvalue weighted by Gasteiger charge is -2.14. The first-order valence-corrected chi connectivity index (χ1v) is 17.5. The van der Waals surface area contributed by atoms with Crippen molar-refractivity contribution in [1.29, 1.82) is 0 Å². The number of benzene rings is 4. The highest BCUT2D eigenvalue weighted by atomic mass is 16.5. The van der Waals surface area contributed by atoms with Crippen molar-refractivity contribution in [2.75, 3.05) is 52.5 Å². The van der Waals surface area contributed by atoms with E-state index in [1.807, 2.05) is 0 Å². The van der Waals surface area contributed by atoms with E-state index in [0.717, 1.165) is 83.5 Å². The minimum Gasteiger partial charge on any atom is -0.494 e. The van der Waals surface area contributed by atoms with Crippen molar-refractivity contribution in [2.24, 2.45) is 0 Å². The van der Waals surface area contributed by atoms with Gasteiger partial charge in [0.2, 0.25) is 0 Å². The normalized spacial score (nSPS) is 15.7. The van der Waals surface area contributed by atoms with Gasteiger partial charge in [-0.1, -0.05) is 36.4 Å². The number of fused-ring (bicyclic) bond motifs is 4. The molecule has 8 rings (SSSR count). The van der Waals surface area contributed by atoms with Gasteiger partial charge in [-0.2, -0.15) is 0 Å². The van der Waals surface area contributed by atoms with Gasteiger partial charge in [-0.3, -0.25) is 0 Å². The summed E-state index contributed by atoms with van der Waals surface area (Å²) in [6.07, 6.45) is 7.50. The minimum absolute atomic E-state index is 0.763. The molecule has 6 aromatic rings. The molecular weight excluding hydrogens is 580 g/mol. The van der Waals surface area contributed by atoms with E-state index in [-0.39, 0.29) is 0 Å². The lowest BCUT2D eigenvalue weighted by molar-refractivity contribution is 0.263. The molecule has 6 heteroatoms. The Bertz CT molecular complexity index is 1950. The van der Waals surface area contributed by atoms with Crippen LogP contribution in [0.4, 0.5) is 0 Å². The summed E-state index contributed by atoms with van der Waals surface area (Å²) in [5.41, 5.74) is 8.86. The van der Waals surface area contributed by atoms with Crippen LogP contribution in [-0.4, -0.2) is 72.3 Å². The van der Waals surface area contributed by atoms with Gasteiger partial charge in [0, 0.05) is 29.4 Å². The summed E-state index contributed by atoms with van der Waals surface area (Å²) in [6.45, 7) is 8.77. The van der Waals surface area contributed by atoms with Crippen molar-refractivity contribution >= 4 is 32.8 Å². The molecule has 1 N–H and O–H groups in total. The fourth-order valence-electron chi connectivity index (χ4n) is 7.29. The molecule has 0 amide bonds. The van der Waals surface area contributed by atoms with E-state index in [1.54, 1.807) is 0 Å². The lowest BCUT2D eigenvalue weighted by Crippen LogP contribution is -2.21. The third-order valence-corrected chi connectivity index (χ3v) is 9.91. The van der Waals surface area contributed by atoms with E-state index in [0.29, 0.717) is 0 Å². The summed E-state index contributed by atoms with van der Waals surface area (Å²) >= 11 is 0. The van der Waals surface area contributed by atoms with Gasteiger partial charge in [0.15, 0.2) is 0 Å². The van der Waals surface area contributed by atoms with Crippen LogP contribution in [0.5, 0.6) is 11.5 Å². The van der Waals surface area contributed by atoms with Crippen LogP contribution in [0.2, 0.25) is 0 Å². The van der Waals surface area contributed by atoms with Gasteiger partial charge in [-0.05, 0) is 142 Å².